The molecule has 0 spiro atoms. The molecule has 0 radical (unpaired) electrons. The fourth-order valence-corrected chi connectivity index (χ4v) is 1.49. The molecule has 1 aromatic heterocycles. The number of aromatic carboxylic acids is 1. The van der Waals surface area contributed by atoms with Gasteiger partial charge in [0.1, 0.15) is 16.8 Å². The second kappa shape index (κ2) is 3.44. The maximum absolute atomic E-state index is 11.0. The highest BCUT2D eigenvalue weighted by Crippen LogP contribution is 2.25. The van der Waals surface area contributed by atoms with Crippen LogP contribution in [0.4, 0.5) is 0 Å². The van der Waals surface area contributed by atoms with Gasteiger partial charge in [-0.3, -0.25) is 0 Å². The van der Waals surface area contributed by atoms with E-state index in [9.17, 15) is 9.90 Å². The van der Waals surface area contributed by atoms with Gasteiger partial charge in [-0.1, -0.05) is 0 Å². The van der Waals surface area contributed by atoms with Gasteiger partial charge in [0.25, 0.3) is 0 Å². The number of rotatable bonds is 1. The summed E-state index contributed by atoms with van der Waals surface area (Å²) in [5.74, 6) is -1.50. The molecule has 16 heavy (non-hydrogen) atoms. The molecule has 0 aliphatic rings. The molecule has 0 unspecified atom stereocenters. The van der Waals surface area contributed by atoms with E-state index < -0.39 is 5.97 Å². The number of benzene rings is 1. The van der Waals surface area contributed by atoms with E-state index in [1.165, 1.54) is 6.07 Å². The summed E-state index contributed by atoms with van der Waals surface area (Å²) in [5, 5.41) is 18.5. The third kappa shape index (κ3) is 1.46. The van der Waals surface area contributed by atoms with Crippen molar-refractivity contribution in [2.24, 2.45) is 0 Å². The first-order chi connectivity index (χ1) is 7.50. The lowest BCUT2D eigenvalue weighted by molar-refractivity contribution is 0.0696. The molecule has 2 aromatic rings. The van der Waals surface area contributed by atoms with Crippen LogP contribution in [0.15, 0.2) is 12.1 Å². The van der Waals surface area contributed by atoms with Crippen LogP contribution in [-0.4, -0.2) is 26.2 Å². The predicted molar refractivity (Wildman–Crippen MR) is 57.6 cm³/mol. The highest BCUT2D eigenvalue weighted by molar-refractivity contribution is 6.03. The molecule has 2 N–H and O–H groups in total. The molecule has 5 nitrogen and oxygen atoms in total. The van der Waals surface area contributed by atoms with Crippen molar-refractivity contribution in [3.8, 4) is 5.75 Å². The first-order valence-electron chi connectivity index (χ1n) is 4.71. The molecular formula is C11H10N2O3. The summed E-state index contributed by atoms with van der Waals surface area (Å²) in [7, 11) is 0. The lowest BCUT2D eigenvalue weighted by Gasteiger charge is -2.06. The number of hydrogen-bond acceptors (Lipinski definition) is 4. The number of aromatic nitrogens is 2. The van der Waals surface area contributed by atoms with Crippen LogP contribution in [0, 0.1) is 13.8 Å². The van der Waals surface area contributed by atoms with E-state index in [-0.39, 0.29) is 16.8 Å². The Labute approximate surface area is 91.4 Å². The van der Waals surface area contributed by atoms with Gasteiger partial charge in [-0.25, -0.2) is 14.8 Å². The van der Waals surface area contributed by atoms with E-state index in [1.807, 2.05) is 0 Å². The Morgan fingerprint density at radius 3 is 2.44 bits per heavy atom. The van der Waals surface area contributed by atoms with Gasteiger partial charge >= 0.3 is 5.97 Å². The SMILES string of the molecule is Cc1nc2ccc(O)c(C(=O)O)c2nc1C. The minimum absolute atomic E-state index is 0.201. The first-order valence-corrected chi connectivity index (χ1v) is 4.71. The van der Waals surface area contributed by atoms with Crippen molar-refractivity contribution in [1.29, 1.82) is 0 Å². The van der Waals surface area contributed by atoms with Gasteiger partial charge in [-0.15, -0.1) is 0 Å². The molecule has 0 bridgehead atoms. The van der Waals surface area contributed by atoms with Crippen LogP contribution in [0.3, 0.4) is 0 Å². The van der Waals surface area contributed by atoms with Gasteiger partial charge in [0.05, 0.1) is 16.9 Å². The number of carboxylic acids is 1. The van der Waals surface area contributed by atoms with Gasteiger partial charge in [-0.2, -0.15) is 0 Å². The Morgan fingerprint density at radius 2 is 1.81 bits per heavy atom. The van der Waals surface area contributed by atoms with Gasteiger partial charge < -0.3 is 10.2 Å². The summed E-state index contributed by atoms with van der Waals surface area (Å²) in [4.78, 5) is 19.4. The van der Waals surface area contributed by atoms with E-state index in [0.29, 0.717) is 11.2 Å². The normalized spacial score (nSPS) is 10.6. The summed E-state index contributed by atoms with van der Waals surface area (Å²) < 4.78 is 0. The second-order valence-corrected chi connectivity index (χ2v) is 3.53. The highest BCUT2D eigenvalue weighted by Gasteiger charge is 2.16. The fraction of sp³-hybridized carbons (Fsp3) is 0.182. The van der Waals surface area contributed by atoms with Gasteiger partial charge in [-0.05, 0) is 26.0 Å². The van der Waals surface area contributed by atoms with Gasteiger partial charge in [0.15, 0.2) is 0 Å². The van der Waals surface area contributed by atoms with Crippen LogP contribution in [0.1, 0.15) is 21.7 Å². The molecule has 0 aliphatic heterocycles. The number of carboxylic acid groups (broad SMARTS) is 1. The Morgan fingerprint density at radius 1 is 1.19 bits per heavy atom. The Kier molecular flexibility index (Phi) is 2.23. The smallest absolute Gasteiger partial charge is 0.341 e. The van der Waals surface area contributed by atoms with Crippen LogP contribution < -0.4 is 0 Å². The van der Waals surface area contributed by atoms with E-state index in [0.717, 1.165) is 5.69 Å². The van der Waals surface area contributed by atoms with Crippen LogP contribution >= 0.6 is 0 Å². The Balaban J connectivity index is 2.92. The minimum atomic E-state index is -1.21. The molecule has 82 valence electrons. The third-order valence-electron chi connectivity index (χ3n) is 2.44. The number of hydrogen-bond donors (Lipinski definition) is 2. The predicted octanol–water partition coefficient (Wildman–Crippen LogP) is 1.65. The number of nitrogens with zero attached hydrogens (tertiary/aromatic N) is 2. The fourth-order valence-electron chi connectivity index (χ4n) is 1.49. The van der Waals surface area contributed by atoms with Crippen LogP contribution in [0.25, 0.3) is 11.0 Å². The number of aromatic hydroxyl groups is 1. The standard InChI is InChI=1S/C11H10N2O3/c1-5-6(2)13-10-7(12-5)3-4-8(14)9(10)11(15)16/h3-4,14H,1-2H3,(H,15,16). The molecule has 1 aromatic carbocycles. The van der Waals surface area contributed by atoms with Crippen LogP contribution in [0.5, 0.6) is 5.75 Å². The topological polar surface area (TPSA) is 83.3 Å². The van der Waals surface area contributed by atoms with Crippen molar-refractivity contribution in [2.75, 3.05) is 0 Å². The van der Waals surface area contributed by atoms with Crippen molar-refractivity contribution >= 4 is 17.0 Å². The van der Waals surface area contributed by atoms with E-state index >= 15 is 0 Å². The minimum Gasteiger partial charge on any atom is -0.507 e. The molecule has 0 atom stereocenters. The molecule has 0 amide bonds. The average molecular weight is 218 g/mol. The molecule has 0 saturated carbocycles. The summed E-state index contributed by atoms with van der Waals surface area (Å²) in [6.45, 7) is 3.55. The van der Waals surface area contributed by atoms with Crippen molar-refractivity contribution in [1.82, 2.24) is 9.97 Å². The van der Waals surface area contributed by atoms with E-state index in [2.05, 4.69) is 9.97 Å². The number of carbonyl (C=O) groups is 1. The summed E-state index contributed by atoms with van der Waals surface area (Å²) in [6.07, 6.45) is 0. The molecule has 0 saturated heterocycles. The van der Waals surface area contributed by atoms with Crippen LogP contribution in [-0.2, 0) is 0 Å². The van der Waals surface area contributed by atoms with Crippen molar-refractivity contribution in [2.45, 2.75) is 13.8 Å². The maximum atomic E-state index is 11.0. The molecule has 1 heterocycles. The summed E-state index contributed by atoms with van der Waals surface area (Å²) in [6, 6.07) is 2.87. The molecule has 0 aliphatic carbocycles. The number of fused-ring (bicyclic) bond motifs is 1. The summed E-state index contributed by atoms with van der Waals surface area (Å²) >= 11 is 0. The molecule has 2 rings (SSSR count). The van der Waals surface area contributed by atoms with Crippen molar-refractivity contribution < 1.29 is 15.0 Å². The van der Waals surface area contributed by atoms with Gasteiger partial charge in [0.2, 0.25) is 0 Å². The monoisotopic (exact) mass is 218 g/mol. The zero-order chi connectivity index (χ0) is 11.9. The Hall–Kier alpha value is -2.17. The molecular weight excluding hydrogens is 208 g/mol. The van der Waals surface area contributed by atoms with Crippen molar-refractivity contribution in [3.05, 3.63) is 29.1 Å². The van der Waals surface area contributed by atoms with Crippen molar-refractivity contribution in [3.63, 3.8) is 0 Å². The lowest BCUT2D eigenvalue weighted by atomic mass is 10.1. The zero-order valence-electron chi connectivity index (χ0n) is 8.85. The number of aryl methyl sites for hydroxylation is 2. The second-order valence-electron chi connectivity index (χ2n) is 3.53. The van der Waals surface area contributed by atoms with E-state index in [1.54, 1.807) is 19.9 Å². The maximum Gasteiger partial charge on any atom is 0.341 e. The highest BCUT2D eigenvalue weighted by atomic mass is 16.4. The molecule has 5 heteroatoms. The molecule has 0 fully saturated rings. The van der Waals surface area contributed by atoms with E-state index in [4.69, 9.17) is 5.11 Å². The summed E-state index contributed by atoms with van der Waals surface area (Å²) in [5.41, 5.74) is 1.89. The zero-order valence-corrected chi connectivity index (χ0v) is 8.85. The largest absolute Gasteiger partial charge is 0.507 e. The number of phenols is 1. The first kappa shape index (κ1) is 10.4. The van der Waals surface area contributed by atoms with Crippen LogP contribution in [0.2, 0.25) is 0 Å². The van der Waals surface area contributed by atoms with Gasteiger partial charge in [0, 0.05) is 0 Å². The average Bonchev–Trinajstić information content (AvgIpc) is 2.20. The quantitative estimate of drug-likeness (QED) is 0.760. The lowest BCUT2D eigenvalue weighted by Crippen LogP contribution is -2.02. The third-order valence-corrected chi connectivity index (χ3v) is 2.44. The Bertz CT molecular complexity index is 593.